The van der Waals surface area contributed by atoms with Crippen molar-refractivity contribution in [1.82, 2.24) is 19.9 Å². The number of carbonyl (C=O) groups excluding carboxylic acids is 1. The lowest BCUT2D eigenvalue weighted by molar-refractivity contribution is -0.126. The Balaban J connectivity index is 1.26. The lowest BCUT2D eigenvalue weighted by atomic mass is 10.0. The SMILES string of the molecule is O=C(/C=C/c1cn(Cc2ccccc2)nn1)N1CCCC1c1ccc2c(c1)OCCCO2. The first-order valence-corrected chi connectivity index (χ1v) is 11.1. The van der Waals surface area contributed by atoms with Gasteiger partial charge in [0.05, 0.1) is 32.0 Å². The number of hydrogen-bond donors (Lipinski definition) is 0. The van der Waals surface area contributed by atoms with Crippen LogP contribution in [0.2, 0.25) is 0 Å². The molecule has 0 saturated carbocycles. The van der Waals surface area contributed by atoms with Crippen LogP contribution in [0.25, 0.3) is 6.08 Å². The Bertz CT molecular complexity index is 1110. The van der Waals surface area contributed by atoms with Crippen molar-refractivity contribution in [3.8, 4) is 11.5 Å². The fourth-order valence-electron chi connectivity index (χ4n) is 4.25. The van der Waals surface area contributed by atoms with Crippen LogP contribution in [0.5, 0.6) is 11.5 Å². The van der Waals surface area contributed by atoms with Gasteiger partial charge in [-0.25, -0.2) is 4.68 Å². The molecule has 1 saturated heterocycles. The third-order valence-corrected chi connectivity index (χ3v) is 5.83. The number of rotatable bonds is 5. The molecule has 0 bridgehead atoms. The number of amides is 1. The minimum atomic E-state index is -0.0165. The molecule has 164 valence electrons. The average molecular weight is 431 g/mol. The van der Waals surface area contributed by atoms with E-state index in [9.17, 15) is 4.79 Å². The zero-order valence-electron chi connectivity index (χ0n) is 17.9. The van der Waals surface area contributed by atoms with E-state index in [-0.39, 0.29) is 11.9 Å². The number of likely N-dealkylation sites (tertiary alicyclic amines) is 1. The van der Waals surface area contributed by atoms with Gasteiger partial charge >= 0.3 is 0 Å². The molecular formula is C25H26N4O3. The van der Waals surface area contributed by atoms with Crippen molar-refractivity contribution in [1.29, 1.82) is 0 Å². The molecule has 2 aromatic carbocycles. The predicted molar refractivity (Wildman–Crippen MR) is 120 cm³/mol. The highest BCUT2D eigenvalue weighted by atomic mass is 16.5. The first-order chi connectivity index (χ1) is 15.8. The highest BCUT2D eigenvalue weighted by molar-refractivity contribution is 5.92. The Morgan fingerprint density at radius 1 is 1.06 bits per heavy atom. The molecule has 0 spiro atoms. The number of hydrogen-bond acceptors (Lipinski definition) is 5. The van der Waals surface area contributed by atoms with Gasteiger partial charge in [-0.2, -0.15) is 0 Å². The lowest BCUT2D eigenvalue weighted by Crippen LogP contribution is -2.28. The highest BCUT2D eigenvalue weighted by Crippen LogP contribution is 2.38. The van der Waals surface area contributed by atoms with E-state index in [1.54, 1.807) is 16.8 Å². The summed E-state index contributed by atoms with van der Waals surface area (Å²) in [6.07, 6.45) is 7.97. The normalized spacial score (nSPS) is 18.1. The van der Waals surface area contributed by atoms with Crippen LogP contribution in [-0.4, -0.2) is 45.6 Å². The summed E-state index contributed by atoms with van der Waals surface area (Å²) < 4.78 is 13.3. The van der Waals surface area contributed by atoms with Crippen molar-refractivity contribution in [2.75, 3.05) is 19.8 Å². The maximum Gasteiger partial charge on any atom is 0.247 e. The van der Waals surface area contributed by atoms with E-state index in [1.165, 1.54) is 0 Å². The second-order valence-corrected chi connectivity index (χ2v) is 8.11. The molecule has 5 rings (SSSR count). The van der Waals surface area contributed by atoms with Crippen LogP contribution in [0, 0.1) is 0 Å². The summed E-state index contributed by atoms with van der Waals surface area (Å²) in [5.74, 6) is 1.53. The molecule has 32 heavy (non-hydrogen) atoms. The number of aromatic nitrogens is 3. The number of fused-ring (bicyclic) bond motifs is 1. The van der Waals surface area contributed by atoms with Gasteiger partial charge in [-0.15, -0.1) is 5.10 Å². The van der Waals surface area contributed by atoms with E-state index in [2.05, 4.69) is 10.3 Å². The number of benzene rings is 2. The van der Waals surface area contributed by atoms with Crippen molar-refractivity contribution < 1.29 is 14.3 Å². The molecule has 7 heteroatoms. The first kappa shape index (κ1) is 20.3. The van der Waals surface area contributed by atoms with Gasteiger partial charge in [0.1, 0.15) is 5.69 Å². The van der Waals surface area contributed by atoms with Gasteiger partial charge < -0.3 is 14.4 Å². The number of nitrogens with zero attached hydrogens (tertiary/aromatic N) is 4. The van der Waals surface area contributed by atoms with Crippen molar-refractivity contribution in [3.63, 3.8) is 0 Å². The Labute approximate surface area is 187 Å². The minimum absolute atomic E-state index is 0.0165. The molecule has 1 aromatic heterocycles. The molecule has 1 fully saturated rings. The summed E-state index contributed by atoms with van der Waals surface area (Å²) in [4.78, 5) is 14.9. The molecule has 1 atom stereocenters. The Hall–Kier alpha value is -3.61. The summed E-state index contributed by atoms with van der Waals surface area (Å²) >= 11 is 0. The highest BCUT2D eigenvalue weighted by Gasteiger charge is 2.29. The number of carbonyl (C=O) groups is 1. The minimum Gasteiger partial charge on any atom is -0.490 e. The monoisotopic (exact) mass is 430 g/mol. The van der Waals surface area contributed by atoms with Gasteiger partial charge in [-0.1, -0.05) is 41.6 Å². The largest absolute Gasteiger partial charge is 0.490 e. The van der Waals surface area contributed by atoms with E-state index in [1.807, 2.05) is 59.6 Å². The second-order valence-electron chi connectivity index (χ2n) is 8.11. The molecule has 2 aliphatic heterocycles. The molecule has 3 heterocycles. The van der Waals surface area contributed by atoms with E-state index < -0.39 is 0 Å². The standard InChI is InChI=1S/C25H26N4O3/c30-25(12-10-21-18-28(27-26-21)17-19-6-2-1-3-7-19)29-13-4-8-22(29)20-9-11-23-24(16-20)32-15-5-14-31-23/h1-3,6-7,9-12,16,18,22H,4-5,8,13-15,17H2/b12-10+. The van der Waals surface area contributed by atoms with Crippen molar-refractivity contribution in [2.45, 2.75) is 31.8 Å². The van der Waals surface area contributed by atoms with Gasteiger partial charge in [0, 0.05) is 19.0 Å². The topological polar surface area (TPSA) is 69.5 Å². The average Bonchev–Trinajstić information content (AvgIpc) is 3.42. The number of ether oxygens (including phenoxy) is 2. The van der Waals surface area contributed by atoms with E-state index in [0.717, 1.165) is 48.4 Å². The van der Waals surface area contributed by atoms with Gasteiger partial charge in [0.25, 0.3) is 0 Å². The smallest absolute Gasteiger partial charge is 0.247 e. The Morgan fingerprint density at radius 3 is 2.78 bits per heavy atom. The molecule has 0 N–H and O–H groups in total. The summed E-state index contributed by atoms with van der Waals surface area (Å²) in [5, 5.41) is 8.33. The van der Waals surface area contributed by atoms with Crippen molar-refractivity contribution in [2.24, 2.45) is 0 Å². The van der Waals surface area contributed by atoms with Crippen molar-refractivity contribution >= 4 is 12.0 Å². The maximum absolute atomic E-state index is 13.0. The van der Waals surface area contributed by atoms with Crippen LogP contribution in [0.4, 0.5) is 0 Å². The summed E-state index contributed by atoms with van der Waals surface area (Å²) in [5.41, 5.74) is 2.90. The second kappa shape index (κ2) is 9.26. The van der Waals surface area contributed by atoms with Gasteiger partial charge in [-0.05, 0) is 42.2 Å². The molecule has 0 radical (unpaired) electrons. The summed E-state index contributed by atoms with van der Waals surface area (Å²) in [7, 11) is 0. The van der Waals surface area contributed by atoms with Crippen LogP contribution in [-0.2, 0) is 11.3 Å². The molecular weight excluding hydrogens is 404 g/mol. The molecule has 1 amide bonds. The molecule has 7 nitrogen and oxygen atoms in total. The first-order valence-electron chi connectivity index (χ1n) is 11.1. The van der Waals surface area contributed by atoms with E-state index in [0.29, 0.717) is 25.5 Å². The van der Waals surface area contributed by atoms with Crippen molar-refractivity contribution in [3.05, 3.63) is 77.6 Å². The van der Waals surface area contributed by atoms with Crippen LogP contribution in [0.15, 0.2) is 60.8 Å². The van der Waals surface area contributed by atoms with Crippen LogP contribution >= 0.6 is 0 Å². The van der Waals surface area contributed by atoms with Crippen LogP contribution < -0.4 is 9.47 Å². The third kappa shape index (κ3) is 4.51. The quantitative estimate of drug-likeness (QED) is 0.575. The zero-order chi connectivity index (χ0) is 21.8. The fourth-order valence-corrected chi connectivity index (χ4v) is 4.25. The molecule has 3 aromatic rings. The molecule has 2 aliphatic rings. The van der Waals surface area contributed by atoms with E-state index in [4.69, 9.17) is 9.47 Å². The predicted octanol–water partition coefficient (Wildman–Crippen LogP) is 3.86. The molecule has 0 aliphatic carbocycles. The van der Waals surface area contributed by atoms with Gasteiger partial charge in [0.15, 0.2) is 11.5 Å². The summed E-state index contributed by atoms with van der Waals surface area (Å²) in [6.45, 7) is 2.70. The zero-order valence-corrected chi connectivity index (χ0v) is 17.9. The van der Waals surface area contributed by atoms with Crippen LogP contribution in [0.3, 0.4) is 0 Å². The van der Waals surface area contributed by atoms with Gasteiger partial charge in [-0.3, -0.25) is 4.79 Å². The Kier molecular flexibility index (Phi) is 5.87. The molecule has 1 unspecified atom stereocenters. The maximum atomic E-state index is 13.0. The van der Waals surface area contributed by atoms with E-state index >= 15 is 0 Å². The van der Waals surface area contributed by atoms with Gasteiger partial charge in [0.2, 0.25) is 5.91 Å². The third-order valence-electron chi connectivity index (χ3n) is 5.83. The summed E-state index contributed by atoms with van der Waals surface area (Å²) in [6, 6.07) is 16.2. The fraction of sp³-hybridized carbons (Fsp3) is 0.320. The Morgan fingerprint density at radius 2 is 1.91 bits per heavy atom. The van der Waals surface area contributed by atoms with Crippen LogP contribution in [0.1, 0.15) is 42.1 Å². The lowest BCUT2D eigenvalue weighted by Gasteiger charge is -2.24.